The van der Waals surface area contributed by atoms with Gasteiger partial charge in [0.25, 0.3) is 6.21 Å². The Labute approximate surface area is 84.1 Å². The van der Waals surface area contributed by atoms with E-state index in [9.17, 15) is 10.0 Å². The molecule has 0 atom stereocenters. The molecule has 0 N–H and O–H groups in total. The lowest BCUT2D eigenvalue weighted by Gasteiger charge is -2.20. The van der Waals surface area contributed by atoms with Gasteiger partial charge in [0.05, 0.1) is 6.61 Å². The van der Waals surface area contributed by atoms with Gasteiger partial charge in [0.1, 0.15) is 0 Å². The molecule has 1 fully saturated rings. The van der Waals surface area contributed by atoms with Gasteiger partial charge in [-0.1, -0.05) is 6.42 Å². The molecule has 0 aromatic carbocycles. The number of carbonyl (C=O) groups is 1. The van der Waals surface area contributed by atoms with E-state index in [2.05, 4.69) is 4.74 Å². The van der Waals surface area contributed by atoms with Crippen molar-refractivity contribution in [3.63, 3.8) is 0 Å². The monoisotopic (exact) mass is 199 g/mol. The van der Waals surface area contributed by atoms with E-state index in [0.717, 1.165) is 36.6 Å². The van der Waals surface area contributed by atoms with E-state index in [1.807, 2.05) is 0 Å². The Morgan fingerprint density at radius 1 is 1.50 bits per heavy atom. The Kier molecular flexibility index (Phi) is 4.43. The smallest absolute Gasteiger partial charge is 0.396 e. The van der Waals surface area contributed by atoms with Gasteiger partial charge in [-0.2, -0.15) is 0 Å². The highest BCUT2D eigenvalue weighted by Crippen LogP contribution is 2.19. The molecule has 0 aromatic heterocycles. The molecule has 0 heterocycles. The molecule has 1 saturated carbocycles. The molecule has 0 aliphatic heterocycles. The zero-order chi connectivity index (χ0) is 10.4. The fourth-order valence-corrected chi connectivity index (χ4v) is 1.72. The first-order valence-corrected chi connectivity index (χ1v) is 5.21. The zero-order valence-electron chi connectivity index (χ0n) is 8.57. The van der Waals surface area contributed by atoms with Crippen molar-refractivity contribution < 1.29 is 14.3 Å². The van der Waals surface area contributed by atoms with Gasteiger partial charge in [0.15, 0.2) is 6.04 Å². The van der Waals surface area contributed by atoms with Crippen molar-refractivity contribution in [3.05, 3.63) is 5.21 Å². The third-order valence-electron chi connectivity index (χ3n) is 2.45. The van der Waals surface area contributed by atoms with E-state index in [0.29, 0.717) is 6.61 Å². The van der Waals surface area contributed by atoms with Crippen LogP contribution in [-0.2, 0) is 9.53 Å². The Bertz CT molecular complexity index is 219. The van der Waals surface area contributed by atoms with Crippen LogP contribution in [0.2, 0.25) is 0 Å². The van der Waals surface area contributed by atoms with Gasteiger partial charge in [0, 0.05) is 12.8 Å². The van der Waals surface area contributed by atoms with Gasteiger partial charge < -0.3 is 9.94 Å². The minimum atomic E-state index is -0.534. The third-order valence-corrected chi connectivity index (χ3v) is 2.45. The summed E-state index contributed by atoms with van der Waals surface area (Å²) in [5.41, 5.74) is 0. The molecule has 0 aromatic rings. The lowest BCUT2D eigenvalue weighted by molar-refractivity contribution is -0.500. The summed E-state index contributed by atoms with van der Waals surface area (Å²) in [4.78, 5) is 11.0. The Hall–Kier alpha value is -1.06. The van der Waals surface area contributed by atoms with Crippen LogP contribution in [0.3, 0.4) is 0 Å². The number of esters is 1. The maximum atomic E-state index is 11.4. The average Bonchev–Trinajstić information content (AvgIpc) is 2.19. The van der Waals surface area contributed by atoms with Gasteiger partial charge in [-0.05, 0) is 19.8 Å². The molecular weight excluding hydrogens is 182 g/mol. The number of ether oxygens (including phenoxy) is 1. The summed E-state index contributed by atoms with van der Waals surface area (Å²) < 4.78 is 5.43. The number of hydroxylamine groups is 1. The molecule has 14 heavy (non-hydrogen) atoms. The summed E-state index contributed by atoms with van der Waals surface area (Å²) in [5, 5.41) is 11.4. The Balaban J connectivity index is 2.44. The molecule has 0 unspecified atom stereocenters. The normalized spacial score (nSPS) is 19.4. The van der Waals surface area contributed by atoms with E-state index < -0.39 is 5.97 Å². The first-order valence-electron chi connectivity index (χ1n) is 5.21. The van der Waals surface area contributed by atoms with Crippen molar-refractivity contribution in [2.24, 2.45) is 0 Å². The maximum absolute atomic E-state index is 11.4. The molecule has 4 nitrogen and oxygen atoms in total. The molecule has 0 bridgehead atoms. The average molecular weight is 199 g/mol. The lowest BCUT2D eigenvalue weighted by atomic mass is 9.96. The van der Waals surface area contributed by atoms with Crippen molar-refractivity contribution in [2.75, 3.05) is 6.61 Å². The van der Waals surface area contributed by atoms with Crippen molar-refractivity contribution in [1.82, 2.24) is 0 Å². The summed E-state index contributed by atoms with van der Waals surface area (Å²) in [7, 11) is 0. The molecule has 1 aliphatic carbocycles. The first kappa shape index (κ1) is 11.0. The van der Waals surface area contributed by atoms with Crippen LogP contribution in [0.1, 0.15) is 39.0 Å². The molecule has 4 heteroatoms. The van der Waals surface area contributed by atoms with Crippen molar-refractivity contribution in [2.45, 2.75) is 45.1 Å². The second-order valence-corrected chi connectivity index (χ2v) is 3.53. The van der Waals surface area contributed by atoms with Crippen LogP contribution in [0.15, 0.2) is 0 Å². The van der Waals surface area contributed by atoms with Crippen LogP contribution < -0.4 is 0 Å². The highest BCUT2D eigenvalue weighted by atomic mass is 16.5. The van der Waals surface area contributed by atoms with E-state index in [4.69, 9.17) is 0 Å². The van der Waals surface area contributed by atoms with E-state index in [-0.39, 0.29) is 6.04 Å². The van der Waals surface area contributed by atoms with Crippen LogP contribution in [0.25, 0.3) is 0 Å². The standard InChI is InChI=1S/C10H17NO3/c1-2-14-10(12)8-11(13)9-6-4-3-5-7-9/h8-9H,2-7H2,1H3/b11-8+. The summed E-state index contributed by atoms with van der Waals surface area (Å²) in [5.74, 6) is -0.534. The molecule has 0 saturated heterocycles. The largest absolute Gasteiger partial charge is 0.623 e. The molecule has 0 amide bonds. The van der Waals surface area contributed by atoms with E-state index in [1.54, 1.807) is 6.92 Å². The second kappa shape index (κ2) is 5.62. The molecule has 1 aliphatic rings. The number of nitrogens with zero attached hydrogens (tertiary/aromatic N) is 1. The quantitative estimate of drug-likeness (QED) is 0.227. The predicted octanol–water partition coefficient (Wildman–Crippen LogP) is 1.46. The van der Waals surface area contributed by atoms with Crippen molar-refractivity contribution >= 4 is 12.2 Å². The fourth-order valence-electron chi connectivity index (χ4n) is 1.72. The second-order valence-electron chi connectivity index (χ2n) is 3.53. The fraction of sp³-hybridized carbons (Fsp3) is 0.800. The van der Waals surface area contributed by atoms with Crippen LogP contribution in [-0.4, -0.2) is 29.6 Å². The van der Waals surface area contributed by atoms with Gasteiger partial charge in [-0.25, -0.2) is 9.53 Å². The van der Waals surface area contributed by atoms with Crippen LogP contribution in [0, 0.1) is 5.21 Å². The van der Waals surface area contributed by atoms with Gasteiger partial charge in [0.2, 0.25) is 0 Å². The number of carbonyl (C=O) groups excluding carboxylic acids is 1. The molecule has 1 rings (SSSR count). The molecule has 80 valence electrons. The number of rotatable bonds is 3. The van der Waals surface area contributed by atoms with Gasteiger partial charge in [-0.15, -0.1) is 0 Å². The van der Waals surface area contributed by atoms with Crippen LogP contribution in [0.5, 0.6) is 0 Å². The highest BCUT2D eigenvalue weighted by Gasteiger charge is 2.20. The first-order chi connectivity index (χ1) is 6.74. The number of hydrogen-bond acceptors (Lipinski definition) is 3. The summed E-state index contributed by atoms with van der Waals surface area (Å²) in [6.45, 7) is 2.04. The lowest BCUT2D eigenvalue weighted by Crippen LogP contribution is -2.27. The molecule has 0 radical (unpaired) electrons. The zero-order valence-corrected chi connectivity index (χ0v) is 8.57. The maximum Gasteiger partial charge on any atom is 0.396 e. The summed E-state index contributed by atoms with van der Waals surface area (Å²) in [6, 6.07) is -0.0202. The SMILES string of the molecule is CCOC(=O)/C=[N+](/[O-])C1CCCCC1. The Morgan fingerprint density at radius 3 is 2.71 bits per heavy atom. The summed E-state index contributed by atoms with van der Waals surface area (Å²) in [6.07, 6.45) is 6.17. The summed E-state index contributed by atoms with van der Waals surface area (Å²) >= 11 is 0. The minimum absolute atomic E-state index is 0.0202. The number of hydrogen-bond donors (Lipinski definition) is 0. The van der Waals surface area contributed by atoms with Gasteiger partial charge in [-0.3, -0.25) is 0 Å². The third kappa shape index (κ3) is 3.36. The minimum Gasteiger partial charge on any atom is -0.623 e. The molecule has 0 spiro atoms. The van der Waals surface area contributed by atoms with E-state index in [1.165, 1.54) is 6.42 Å². The van der Waals surface area contributed by atoms with Crippen LogP contribution >= 0.6 is 0 Å². The molecular formula is C10H17NO3. The topological polar surface area (TPSA) is 52.4 Å². The Morgan fingerprint density at radius 2 is 2.14 bits per heavy atom. The van der Waals surface area contributed by atoms with Crippen molar-refractivity contribution in [3.8, 4) is 0 Å². The van der Waals surface area contributed by atoms with Crippen molar-refractivity contribution in [1.29, 1.82) is 0 Å². The van der Waals surface area contributed by atoms with Crippen LogP contribution in [0.4, 0.5) is 0 Å². The van der Waals surface area contributed by atoms with E-state index >= 15 is 0 Å². The van der Waals surface area contributed by atoms with Gasteiger partial charge >= 0.3 is 5.97 Å². The highest BCUT2D eigenvalue weighted by molar-refractivity contribution is 6.20. The predicted molar refractivity (Wildman–Crippen MR) is 53.2 cm³/mol.